The van der Waals surface area contributed by atoms with E-state index in [1.54, 1.807) is 6.20 Å². The zero-order chi connectivity index (χ0) is 10.1. The van der Waals surface area contributed by atoms with Crippen LogP contribution < -0.4 is 0 Å². The van der Waals surface area contributed by atoms with Gasteiger partial charge in [-0.25, -0.2) is 4.98 Å². The molecule has 1 atom stereocenters. The molecule has 1 N–H and O–H groups in total. The van der Waals surface area contributed by atoms with Crippen molar-refractivity contribution in [3.63, 3.8) is 0 Å². The maximum Gasteiger partial charge on any atom is 0.312 e. The average molecular weight is 210 g/mol. The van der Waals surface area contributed by atoms with Gasteiger partial charge in [0.05, 0.1) is 5.69 Å². The summed E-state index contributed by atoms with van der Waals surface area (Å²) in [7, 11) is 0. The largest absolute Gasteiger partial charge is 0.481 e. The van der Waals surface area contributed by atoms with Crippen molar-refractivity contribution in [2.24, 2.45) is 0 Å². The minimum atomic E-state index is -0.807. The number of fused-ring (bicyclic) bond motifs is 1. The predicted octanol–water partition coefficient (Wildman–Crippen LogP) is 1.97. The van der Waals surface area contributed by atoms with Gasteiger partial charge < -0.3 is 5.11 Å². The number of rotatable bonds is 3. The number of carboxylic acids is 1. The molecule has 0 aliphatic rings. The Hall–Kier alpha value is -1.36. The molecule has 0 fully saturated rings. The van der Waals surface area contributed by atoms with Crippen LogP contribution in [0.2, 0.25) is 0 Å². The Morgan fingerprint density at radius 3 is 3.14 bits per heavy atom. The topological polar surface area (TPSA) is 54.6 Å². The third-order valence-electron chi connectivity index (χ3n) is 2.18. The Balaban J connectivity index is 2.42. The maximum absolute atomic E-state index is 10.9. The fraction of sp³-hybridized carbons (Fsp3) is 0.333. The molecule has 0 aromatic carbocycles. The third-order valence-corrected chi connectivity index (χ3v) is 2.95. The number of imidazole rings is 1. The molecule has 74 valence electrons. The molecular formula is C9H10N2O2S. The molecule has 0 aliphatic heterocycles. The molecule has 0 amide bonds. The van der Waals surface area contributed by atoms with E-state index in [2.05, 4.69) is 4.98 Å². The molecule has 5 heteroatoms. The van der Waals surface area contributed by atoms with Crippen molar-refractivity contribution < 1.29 is 9.90 Å². The monoisotopic (exact) mass is 210 g/mol. The summed E-state index contributed by atoms with van der Waals surface area (Å²) in [5.41, 5.74) is 0.645. The van der Waals surface area contributed by atoms with Crippen LogP contribution in [-0.2, 0) is 4.79 Å². The summed E-state index contributed by atoms with van der Waals surface area (Å²) in [5.74, 6) is -1.29. The van der Waals surface area contributed by atoms with Gasteiger partial charge in [-0.2, -0.15) is 0 Å². The molecule has 4 nitrogen and oxygen atoms in total. The van der Waals surface area contributed by atoms with E-state index in [0.29, 0.717) is 12.1 Å². The molecule has 14 heavy (non-hydrogen) atoms. The van der Waals surface area contributed by atoms with Crippen LogP contribution >= 0.6 is 11.3 Å². The van der Waals surface area contributed by atoms with E-state index in [9.17, 15) is 4.79 Å². The number of carboxylic acid groups (broad SMARTS) is 1. The highest BCUT2D eigenvalue weighted by Gasteiger charge is 2.20. The molecule has 2 rings (SSSR count). The molecule has 2 aromatic rings. The summed E-state index contributed by atoms with van der Waals surface area (Å²) in [6.45, 7) is 1.85. The van der Waals surface area contributed by atoms with Gasteiger partial charge in [0.1, 0.15) is 5.92 Å². The van der Waals surface area contributed by atoms with E-state index in [-0.39, 0.29) is 0 Å². The number of nitrogens with zero attached hydrogens (tertiary/aromatic N) is 2. The fourth-order valence-corrected chi connectivity index (χ4v) is 2.13. The normalized spacial score (nSPS) is 13.2. The van der Waals surface area contributed by atoms with Crippen molar-refractivity contribution in [3.8, 4) is 0 Å². The first-order valence-electron chi connectivity index (χ1n) is 4.37. The first kappa shape index (κ1) is 9.21. The highest BCUT2D eigenvalue weighted by Crippen LogP contribution is 2.21. The molecular weight excluding hydrogens is 200 g/mol. The first-order chi connectivity index (χ1) is 6.72. The summed E-state index contributed by atoms with van der Waals surface area (Å²) in [5, 5.41) is 10.9. The predicted molar refractivity (Wildman–Crippen MR) is 53.7 cm³/mol. The second-order valence-electron chi connectivity index (χ2n) is 3.06. The second kappa shape index (κ2) is 3.42. The lowest BCUT2D eigenvalue weighted by molar-refractivity contribution is -0.138. The van der Waals surface area contributed by atoms with E-state index in [1.165, 1.54) is 11.3 Å². The lowest BCUT2D eigenvalue weighted by Crippen LogP contribution is -2.10. The van der Waals surface area contributed by atoms with Crippen molar-refractivity contribution in [3.05, 3.63) is 23.5 Å². The van der Waals surface area contributed by atoms with E-state index < -0.39 is 11.9 Å². The zero-order valence-electron chi connectivity index (χ0n) is 7.67. The van der Waals surface area contributed by atoms with Crippen LogP contribution in [0.4, 0.5) is 0 Å². The van der Waals surface area contributed by atoms with Crippen LogP contribution in [0.25, 0.3) is 4.96 Å². The van der Waals surface area contributed by atoms with Crippen molar-refractivity contribution in [2.45, 2.75) is 19.3 Å². The Bertz CT molecular complexity index is 432. The molecule has 0 radical (unpaired) electrons. The summed E-state index contributed by atoms with van der Waals surface area (Å²) < 4.78 is 1.85. The minimum absolute atomic E-state index is 0.484. The van der Waals surface area contributed by atoms with E-state index in [4.69, 9.17) is 5.11 Å². The van der Waals surface area contributed by atoms with Gasteiger partial charge in [-0.15, -0.1) is 11.3 Å². The number of hydrogen-bond acceptors (Lipinski definition) is 3. The second-order valence-corrected chi connectivity index (χ2v) is 3.93. The number of carbonyl (C=O) groups is 1. The van der Waals surface area contributed by atoms with Crippen molar-refractivity contribution in [1.82, 2.24) is 9.38 Å². The average Bonchev–Trinajstić information content (AvgIpc) is 2.63. The third kappa shape index (κ3) is 1.39. The van der Waals surface area contributed by atoms with Gasteiger partial charge in [0.15, 0.2) is 4.96 Å². The number of aromatic nitrogens is 2. The first-order valence-corrected chi connectivity index (χ1v) is 5.25. The van der Waals surface area contributed by atoms with Gasteiger partial charge in [-0.1, -0.05) is 6.92 Å². The van der Waals surface area contributed by atoms with E-state index >= 15 is 0 Å². The Labute approximate surface area is 84.8 Å². The SMILES string of the molecule is CCC(C(=O)O)c1cn2ccsc2n1. The lowest BCUT2D eigenvalue weighted by Gasteiger charge is -2.04. The van der Waals surface area contributed by atoms with Crippen molar-refractivity contribution >= 4 is 22.3 Å². The fourth-order valence-electron chi connectivity index (χ4n) is 1.42. The quantitative estimate of drug-likeness (QED) is 0.842. The molecule has 1 unspecified atom stereocenters. The van der Waals surface area contributed by atoms with Gasteiger partial charge >= 0.3 is 5.97 Å². The Kier molecular flexibility index (Phi) is 2.25. The Morgan fingerprint density at radius 2 is 2.57 bits per heavy atom. The van der Waals surface area contributed by atoms with Crippen LogP contribution in [0.1, 0.15) is 25.0 Å². The van der Waals surface area contributed by atoms with Crippen molar-refractivity contribution in [2.75, 3.05) is 0 Å². The maximum atomic E-state index is 10.9. The zero-order valence-corrected chi connectivity index (χ0v) is 8.49. The van der Waals surface area contributed by atoms with Crippen LogP contribution in [0, 0.1) is 0 Å². The number of hydrogen-bond donors (Lipinski definition) is 1. The molecule has 0 aliphatic carbocycles. The minimum Gasteiger partial charge on any atom is -0.481 e. The molecule has 2 aromatic heterocycles. The number of aliphatic carboxylic acids is 1. The highest BCUT2D eigenvalue weighted by molar-refractivity contribution is 7.15. The van der Waals surface area contributed by atoms with Crippen LogP contribution in [0.3, 0.4) is 0 Å². The standard InChI is InChI=1S/C9H10N2O2S/c1-2-6(8(12)13)7-5-11-3-4-14-9(11)10-7/h3-6H,2H2,1H3,(H,12,13). The molecule has 0 spiro atoms. The summed E-state index contributed by atoms with van der Waals surface area (Å²) in [6.07, 6.45) is 4.24. The molecule has 2 heterocycles. The Morgan fingerprint density at radius 1 is 1.79 bits per heavy atom. The highest BCUT2D eigenvalue weighted by atomic mass is 32.1. The summed E-state index contributed by atoms with van der Waals surface area (Å²) >= 11 is 1.51. The molecule has 0 bridgehead atoms. The number of thiazole rings is 1. The van der Waals surface area contributed by atoms with Gasteiger partial charge in [0, 0.05) is 17.8 Å². The van der Waals surface area contributed by atoms with Crippen LogP contribution in [0.15, 0.2) is 17.8 Å². The van der Waals surface area contributed by atoms with E-state index in [1.807, 2.05) is 22.9 Å². The molecule has 0 saturated carbocycles. The van der Waals surface area contributed by atoms with Crippen molar-refractivity contribution in [1.29, 1.82) is 0 Å². The van der Waals surface area contributed by atoms with Gasteiger partial charge in [0.25, 0.3) is 0 Å². The smallest absolute Gasteiger partial charge is 0.312 e. The van der Waals surface area contributed by atoms with Crippen LogP contribution in [0.5, 0.6) is 0 Å². The summed E-state index contributed by atoms with van der Waals surface area (Å²) in [6, 6.07) is 0. The van der Waals surface area contributed by atoms with Gasteiger partial charge in [-0.3, -0.25) is 9.20 Å². The van der Waals surface area contributed by atoms with E-state index in [0.717, 1.165) is 4.96 Å². The van der Waals surface area contributed by atoms with Gasteiger partial charge in [0.2, 0.25) is 0 Å². The lowest BCUT2D eigenvalue weighted by atomic mass is 10.0. The summed E-state index contributed by atoms with van der Waals surface area (Å²) in [4.78, 5) is 16.0. The van der Waals surface area contributed by atoms with Gasteiger partial charge in [-0.05, 0) is 6.42 Å². The van der Waals surface area contributed by atoms with Crippen LogP contribution in [-0.4, -0.2) is 20.5 Å². The molecule has 0 saturated heterocycles.